The molecule has 0 aromatic carbocycles. The SMILES string of the molecule is C/C1=C\[C@H](O)C[C@@]2(C)O[C@@H]2CC(C)(C)/C=C/C1=O. The van der Waals surface area contributed by atoms with E-state index in [0.29, 0.717) is 12.0 Å². The number of allylic oxidation sites excluding steroid dienone is 3. The Morgan fingerprint density at radius 1 is 1.33 bits per heavy atom. The van der Waals surface area contributed by atoms with Crippen LogP contribution in [-0.2, 0) is 9.53 Å². The topological polar surface area (TPSA) is 49.8 Å². The summed E-state index contributed by atoms with van der Waals surface area (Å²) in [5, 5.41) is 9.97. The van der Waals surface area contributed by atoms with Crippen molar-refractivity contribution >= 4 is 5.78 Å². The van der Waals surface area contributed by atoms with Crippen molar-refractivity contribution in [3.8, 4) is 0 Å². The fraction of sp³-hybridized carbons (Fsp3) is 0.667. The van der Waals surface area contributed by atoms with E-state index >= 15 is 0 Å². The molecule has 1 N–H and O–H groups in total. The summed E-state index contributed by atoms with van der Waals surface area (Å²) >= 11 is 0. The van der Waals surface area contributed by atoms with E-state index in [4.69, 9.17) is 4.74 Å². The molecule has 2 aliphatic rings. The highest BCUT2D eigenvalue weighted by Gasteiger charge is 2.54. The van der Waals surface area contributed by atoms with Gasteiger partial charge < -0.3 is 9.84 Å². The molecule has 0 unspecified atom stereocenters. The van der Waals surface area contributed by atoms with Gasteiger partial charge in [0.1, 0.15) is 0 Å². The first-order valence-corrected chi connectivity index (χ1v) is 6.50. The number of ketones is 1. The molecule has 0 amide bonds. The van der Waals surface area contributed by atoms with Gasteiger partial charge in [0.05, 0.1) is 17.8 Å². The van der Waals surface area contributed by atoms with Crippen molar-refractivity contribution in [2.45, 2.75) is 58.3 Å². The summed E-state index contributed by atoms with van der Waals surface area (Å²) in [6.07, 6.45) is 6.19. The minimum absolute atomic E-state index is 0.0243. The molecule has 0 radical (unpaired) electrons. The number of hydrogen-bond donors (Lipinski definition) is 1. The van der Waals surface area contributed by atoms with E-state index in [2.05, 4.69) is 13.8 Å². The molecule has 0 bridgehead atoms. The Bertz CT molecular complexity index is 419. The second kappa shape index (κ2) is 4.32. The molecule has 0 aromatic rings. The van der Waals surface area contributed by atoms with Crippen molar-refractivity contribution in [2.24, 2.45) is 5.41 Å². The maximum Gasteiger partial charge on any atom is 0.181 e. The van der Waals surface area contributed by atoms with Gasteiger partial charge in [-0.2, -0.15) is 0 Å². The van der Waals surface area contributed by atoms with Gasteiger partial charge >= 0.3 is 0 Å². The predicted molar refractivity (Wildman–Crippen MR) is 70.2 cm³/mol. The van der Waals surface area contributed by atoms with Crippen LogP contribution in [0.15, 0.2) is 23.8 Å². The van der Waals surface area contributed by atoms with Crippen molar-refractivity contribution in [3.05, 3.63) is 23.8 Å². The van der Waals surface area contributed by atoms with E-state index in [1.54, 1.807) is 19.1 Å². The summed E-state index contributed by atoms with van der Waals surface area (Å²) in [6, 6.07) is 0. The van der Waals surface area contributed by atoms with Crippen LogP contribution in [0.2, 0.25) is 0 Å². The molecule has 1 fully saturated rings. The zero-order valence-corrected chi connectivity index (χ0v) is 11.6. The Morgan fingerprint density at radius 2 is 2.00 bits per heavy atom. The van der Waals surface area contributed by atoms with Crippen LogP contribution in [0.4, 0.5) is 0 Å². The van der Waals surface area contributed by atoms with Crippen LogP contribution in [0.3, 0.4) is 0 Å². The number of fused-ring (bicyclic) bond motifs is 1. The first-order valence-electron chi connectivity index (χ1n) is 6.50. The molecule has 1 saturated heterocycles. The average Bonchev–Trinajstić information content (AvgIpc) is 2.82. The molecule has 2 rings (SSSR count). The number of rotatable bonds is 0. The van der Waals surface area contributed by atoms with Crippen molar-refractivity contribution in [1.82, 2.24) is 0 Å². The first kappa shape index (κ1) is 13.5. The van der Waals surface area contributed by atoms with Gasteiger partial charge in [-0.1, -0.05) is 19.9 Å². The number of epoxide rings is 1. The summed E-state index contributed by atoms with van der Waals surface area (Å²) < 4.78 is 5.74. The number of hydrogen-bond acceptors (Lipinski definition) is 3. The van der Waals surface area contributed by atoms with Crippen molar-refractivity contribution in [3.63, 3.8) is 0 Å². The van der Waals surface area contributed by atoms with Gasteiger partial charge in [-0.3, -0.25) is 4.79 Å². The largest absolute Gasteiger partial charge is 0.389 e. The second-order valence-corrected chi connectivity index (χ2v) is 6.43. The summed E-state index contributed by atoms with van der Waals surface area (Å²) in [4.78, 5) is 11.9. The molecule has 1 heterocycles. The number of carbonyl (C=O) groups excluding carboxylic acids is 1. The summed E-state index contributed by atoms with van der Waals surface area (Å²) in [6.45, 7) is 7.98. The first-order chi connectivity index (χ1) is 8.22. The third-order valence-corrected chi connectivity index (χ3v) is 3.88. The monoisotopic (exact) mass is 250 g/mol. The van der Waals surface area contributed by atoms with E-state index in [1.165, 1.54) is 0 Å². The quantitative estimate of drug-likeness (QED) is 0.672. The van der Waals surface area contributed by atoms with Gasteiger partial charge in [0, 0.05) is 6.42 Å². The van der Waals surface area contributed by atoms with Crippen LogP contribution in [0, 0.1) is 5.41 Å². The molecule has 3 atom stereocenters. The Morgan fingerprint density at radius 3 is 2.67 bits per heavy atom. The maximum absolute atomic E-state index is 11.9. The molecular formula is C15H22O3. The van der Waals surface area contributed by atoms with Crippen molar-refractivity contribution < 1.29 is 14.6 Å². The molecule has 1 aliphatic carbocycles. The molecule has 0 saturated carbocycles. The molecule has 18 heavy (non-hydrogen) atoms. The number of aliphatic hydroxyl groups is 1. The van der Waals surface area contributed by atoms with Gasteiger partial charge in [0.25, 0.3) is 0 Å². The fourth-order valence-corrected chi connectivity index (χ4v) is 2.55. The normalized spacial score (nSPS) is 44.3. The van der Waals surface area contributed by atoms with Gasteiger partial charge in [0.2, 0.25) is 0 Å². The van der Waals surface area contributed by atoms with Gasteiger partial charge in [0.15, 0.2) is 5.78 Å². The van der Waals surface area contributed by atoms with Crippen molar-refractivity contribution in [2.75, 3.05) is 0 Å². The van der Waals surface area contributed by atoms with Crippen LogP contribution in [0.25, 0.3) is 0 Å². The van der Waals surface area contributed by atoms with Crippen molar-refractivity contribution in [1.29, 1.82) is 0 Å². The minimum Gasteiger partial charge on any atom is -0.389 e. The summed E-state index contributed by atoms with van der Waals surface area (Å²) in [5.41, 5.74) is 0.291. The number of carbonyl (C=O) groups is 1. The molecule has 3 nitrogen and oxygen atoms in total. The van der Waals surface area contributed by atoms with Gasteiger partial charge in [-0.25, -0.2) is 0 Å². The molecule has 1 aliphatic heterocycles. The number of ether oxygens (including phenoxy) is 1. The Balaban J connectivity index is 2.27. The lowest BCUT2D eigenvalue weighted by molar-refractivity contribution is -0.111. The lowest BCUT2D eigenvalue weighted by Gasteiger charge is -2.19. The lowest BCUT2D eigenvalue weighted by Crippen LogP contribution is -2.21. The molecule has 3 heteroatoms. The highest BCUT2D eigenvalue weighted by molar-refractivity contribution is 6.03. The third-order valence-electron chi connectivity index (χ3n) is 3.88. The fourth-order valence-electron chi connectivity index (χ4n) is 2.55. The lowest BCUT2D eigenvalue weighted by atomic mass is 9.83. The summed E-state index contributed by atoms with van der Waals surface area (Å²) in [7, 11) is 0. The Labute approximate surface area is 109 Å². The molecule has 0 aromatic heterocycles. The number of aliphatic hydroxyl groups excluding tert-OH is 1. The van der Waals surface area contributed by atoms with Crippen LogP contribution >= 0.6 is 0 Å². The van der Waals surface area contributed by atoms with E-state index < -0.39 is 6.10 Å². The van der Waals surface area contributed by atoms with Crippen LogP contribution in [-0.4, -0.2) is 28.7 Å². The standard InChI is InChI=1S/C15H22O3/c1-10-7-11(16)8-15(4)13(18-15)9-14(2,3)6-5-12(10)17/h5-7,11,13,16H,8-9H2,1-4H3/b6-5+,10-7+/t11-,13+,15+/m0/s1. The highest BCUT2D eigenvalue weighted by atomic mass is 16.6. The smallest absolute Gasteiger partial charge is 0.181 e. The van der Waals surface area contributed by atoms with Gasteiger partial charge in [-0.05, 0) is 43.4 Å². The van der Waals surface area contributed by atoms with E-state index in [-0.39, 0.29) is 22.9 Å². The predicted octanol–water partition coefficient (Wildman–Crippen LogP) is 2.40. The zero-order chi connectivity index (χ0) is 13.6. The average molecular weight is 250 g/mol. The Hall–Kier alpha value is -0.930. The van der Waals surface area contributed by atoms with Crippen LogP contribution < -0.4 is 0 Å². The minimum atomic E-state index is -0.612. The third kappa shape index (κ3) is 2.90. The second-order valence-electron chi connectivity index (χ2n) is 6.43. The van der Waals surface area contributed by atoms with Gasteiger partial charge in [-0.15, -0.1) is 0 Å². The molecule has 0 spiro atoms. The zero-order valence-electron chi connectivity index (χ0n) is 11.6. The highest BCUT2D eigenvalue weighted by Crippen LogP contribution is 2.46. The summed E-state index contributed by atoms with van der Waals surface area (Å²) in [5.74, 6) is -0.0243. The van der Waals surface area contributed by atoms with E-state index in [1.807, 2.05) is 13.0 Å². The maximum atomic E-state index is 11.9. The van der Waals surface area contributed by atoms with E-state index in [0.717, 1.165) is 6.42 Å². The van der Waals surface area contributed by atoms with Crippen LogP contribution in [0.1, 0.15) is 40.5 Å². The van der Waals surface area contributed by atoms with Crippen LogP contribution in [0.5, 0.6) is 0 Å². The molecular weight excluding hydrogens is 228 g/mol. The van der Waals surface area contributed by atoms with E-state index in [9.17, 15) is 9.90 Å². The molecule has 100 valence electrons. The Kier molecular flexibility index (Phi) is 3.24.